The molecule has 5 heteroatoms. The minimum atomic E-state index is -0.0732. The molecule has 132 valence electrons. The first-order valence-corrected chi connectivity index (χ1v) is 9.14. The summed E-state index contributed by atoms with van der Waals surface area (Å²) < 4.78 is 7.87. The van der Waals surface area contributed by atoms with Crippen LogP contribution in [0.4, 0.5) is 0 Å². The van der Waals surface area contributed by atoms with Gasteiger partial charge in [-0.1, -0.05) is 18.2 Å². The molecule has 1 aromatic carbocycles. The van der Waals surface area contributed by atoms with Crippen molar-refractivity contribution in [1.29, 1.82) is 0 Å². The van der Waals surface area contributed by atoms with Gasteiger partial charge in [0.1, 0.15) is 12.4 Å². The largest absolute Gasteiger partial charge is 0.492 e. The highest BCUT2D eigenvalue weighted by Gasteiger charge is 2.35. The third-order valence-electron chi connectivity index (χ3n) is 5.38. The Balaban J connectivity index is 1.47. The summed E-state index contributed by atoms with van der Waals surface area (Å²) in [5.74, 6) is 1.08. The summed E-state index contributed by atoms with van der Waals surface area (Å²) >= 11 is 0. The number of fused-ring (bicyclic) bond motifs is 1. The Morgan fingerprint density at radius 1 is 1.32 bits per heavy atom. The van der Waals surface area contributed by atoms with Gasteiger partial charge in [0.25, 0.3) is 0 Å². The molecule has 0 spiro atoms. The van der Waals surface area contributed by atoms with E-state index >= 15 is 0 Å². The molecule has 0 N–H and O–H groups in total. The van der Waals surface area contributed by atoms with Gasteiger partial charge in [-0.15, -0.1) is 0 Å². The van der Waals surface area contributed by atoms with E-state index in [0.29, 0.717) is 6.61 Å². The number of hydrogen-bond donors (Lipinski definition) is 0. The van der Waals surface area contributed by atoms with Crippen LogP contribution >= 0.6 is 0 Å². The van der Waals surface area contributed by atoms with Crippen LogP contribution in [0.5, 0.6) is 5.75 Å². The Morgan fingerprint density at radius 2 is 2.16 bits per heavy atom. The van der Waals surface area contributed by atoms with Crippen molar-refractivity contribution in [3.05, 3.63) is 47.3 Å². The Labute approximate surface area is 148 Å². The highest BCUT2D eigenvalue weighted by atomic mass is 16.5. The number of aromatic nitrogens is 2. The fraction of sp³-hybridized carbons (Fsp3) is 0.500. The van der Waals surface area contributed by atoms with E-state index in [9.17, 15) is 4.79 Å². The van der Waals surface area contributed by atoms with E-state index in [0.717, 1.165) is 55.1 Å². The van der Waals surface area contributed by atoms with Crippen molar-refractivity contribution < 1.29 is 9.53 Å². The standard InChI is InChI=1S/C20H25N3O2/c1-14-10-15(2)23(21-14)12-18-7-5-9-22(18)20(24)17-11-16-6-3-4-8-19(16)25-13-17/h3-4,6,8,10,17-18H,5,7,9,11-13H2,1-2H3/t17-,18+/m1/s1. The van der Waals surface area contributed by atoms with Gasteiger partial charge in [0.15, 0.2) is 0 Å². The second-order valence-electron chi connectivity index (χ2n) is 7.26. The van der Waals surface area contributed by atoms with Crippen molar-refractivity contribution in [2.45, 2.75) is 45.7 Å². The molecule has 4 rings (SSSR count). The van der Waals surface area contributed by atoms with E-state index in [1.807, 2.05) is 29.8 Å². The van der Waals surface area contributed by atoms with Crippen LogP contribution in [0.25, 0.3) is 0 Å². The van der Waals surface area contributed by atoms with E-state index in [4.69, 9.17) is 4.74 Å². The predicted octanol–water partition coefficient (Wildman–Crippen LogP) is 2.74. The van der Waals surface area contributed by atoms with Crippen molar-refractivity contribution in [1.82, 2.24) is 14.7 Å². The molecule has 0 aliphatic carbocycles. The van der Waals surface area contributed by atoms with Gasteiger partial charge in [-0.2, -0.15) is 5.10 Å². The molecular weight excluding hydrogens is 314 g/mol. The molecule has 2 aliphatic heterocycles. The fourth-order valence-electron chi connectivity index (χ4n) is 4.10. The average molecular weight is 339 g/mol. The molecule has 25 heavy (non-hydrogen) atoms. The zero-order chi connectivity index (χ0) is 17.4. The number of aryl methyl sites for hydroxylation is 2. The molecule has 0 bridgehead atoms. The molecule has 5 nitrogen and oxygen atoms in total. The van der Waals surface area contributed by atoms with Crippen LogP contribution in [-0.4, -0.2) is 39.8 Å². The lowest BCUT2D eigenvalue weighted by molar-refractivity contribution is -0.138. The first-order chi connectivity index (χ1) is 12.1. The van der Waals surface area contributed by atoms with Crippen LogP contribution in [0.15, 0.2) is 30.3 Å². The Hall–Kier alpha value is -2.30. The quantitative estimate of drug-likeness (QED) is 0.864. The van der Waals surface area contributed by atoms with Gasteiger partial charge in [-0.3, -0.25) is 9.48 Å². The summed E-state index contributed by atoms with van der Waals surface area (Å²) in [6, 6.07) is 10.4. The number of para-hydroxylation sites is 1. The Kier molecular flexibility index (Phi) is 4.24. The monoisotopic (exact) mass is 339 g/mol. The van der Waals surface area contributed by atoms with Gasteiger partial charge in [0.2, 0.25) is 5.91 Å². The molecular formula is C20H25N3O2. The summed E-state index contributed by atoms with van der Waals surface area (Å²) in [6.07, 6.45) is 2.90. The molecule has 2 aliphatic rings. The Bertz CT molecular complexity index is 783. The number of amides is 1. The summed E-state index contributed by atoms with van der Waals surface area (Å²) in [4.78, 5) is 15.2. The van der Waals surface area contributed by atoms with Crippen molar-refractivity contribution in [2.75, 3.05) is 13.2 Å². The van der Waals surface area contributed by atoms with Crippen molar-refractivity contribution >= 4 is 5.91 Å². The van der Waals surface area contributed by atoms with Crippen LogP contribution in [0.1, 0.15) is 29.8 Å². The van der Waals surface area contributed by atoms with Crippen molar-refractivity contribution in [3.63, 3.8) is 0 Å². The molecule has 3 heterocycles. The highest BCUT2D eigenvalue weighted by molar-refractivity contribution is 5.80. The second kappa shape index (κ2) is 6.54. The predicted molar refractivity (Wildman–Crippen MR) is 95.6 cm³/mol. The minimum Gasteiger partial charge on any atom is -0.492 e. The number of benzene rings is 1. The maximum absolute atomic E-state index is 13.1. The lowest BCUT2D eigenvalue weighted by atomic mass is 9.95. The van der Waals surface area contributed by atoms with Crippen LogP contribution in [0.2, 0.25) is 0 Å². The van der Waals surface area contributed by atoms with Crippen LogP contribution < -0.4 is 4.74 Å². The van der Waals surface area contributed by atoms with Crippen LogP contribution in [0.3, 0.4) is 0 Å². The zero-order valence-electron chi connectivity index (χ0n) is 14.9. The summed E-state index contributed by atoms with van der Waals surface area (Å²) in [7, 11) is 0. The third-order valence-corrected chi connectivity index (χ3v) is 5.38. The van der Waals surface area contributed by atoms with Gasteiger partial charge >= 0.3 is 0 Å². The molecule has 2 aromatic rings. The van der Waals surface area contributed by atoms with Gasteiger partial charge < -0.3 is 9.64 Å². The number of hydrogen-bond acceptors (Lipinski definition) is 3. The van der Waals surface area contributed by atoms with E-state index < -0.39 is 0 Å². The maximum atomic E-state index is 13.1. The first kappa shape index (κ1) is 16.2. The minimum absolute atomic E-state index is 0.0732. The van der Waals surface area contributed by atoms with Gasteiger partial charge in [-0.05, 0) is 50.8 Å². The zero-order valence-corrected chi connectivity index (χ0v) is 14.9. The van der Waals surface area contributed by atoms with Gasteiger partial charge in [-0.25, -0.2) is 0 Å². The topological polar surface area (TPSA) is 47.4 Å². The summed E-state index contributed by atoms with van der Waals surface area (Å²) in [6.45, 7) is 6.21. The van der Waals surface area contributed by atoms with E-state index in [1.54, 1.807) is 0 Å². The fourth-order valence-corrected chi connectivity index (χ4v) is 4.10. The normalized spacial score (nSPS) is 22.6. The summed E-state index contributed by atoms with van der Waals surface area (Å²) in [5, 5.41) is 4.56. The van der Waals surface area contributed by atoms with E-state index in [1.165, 1.54) is 0 Å². The molecule has 1 saturated heterocycles. The van der Waals surface area contributed by atoms with Crippen molar-refractivity contribution in [2.24, 2.45) is 5.92 Å². The molecule has 0 saturated carbocycles. The van der Waals surface area contributed by atoms with E-state index in [-0.39, 0.29) is 17.9 Å². The lowest BCUT2D eigenvalue weighted by Crippen LogP contribution is -2.44. The SMILES string of the molecule is Cc1cc(C)n(C[C@@H]2CCCN2C(=O)[C@H]2COc3ccccc3C2)n1. The van der Waals surface area contributed by atoms with E-state index in [2.05, 4.69) is 29.1 Å². The molecule has 1 amide bonds. The molecule has 1 fully saturated rings. The Morgan fingerprint density at radius 3 is 2.96 bits per heavy atom. The third kappa shape index (κ3) is 3.15. The number of rotatable bonds is 3. The molecule has 2 atom stereocenters. The van der Waals surface area contributed by atoms with Crippen LogP contribution in [0, 0.1) is 19.8 Å². The number of nitrogens with zero attached hydrogens (tertiary/aromatic N) is 3. The van der Waals surface area contributed by atoms with Gasteiger partial charge in [0, 0.05) is 12.2 Å². The molecule has 1 aromatic heterocycles. The average Bonchev–Trinajstić information content (AvgIpc) is 3.20. The van der Waals surface area contributed by atoms with Crippen molar-refractivity contribution in [3.8, 4) is 5.75 Å². The van der Waals surface area contributed by atoms with Gasteiger partial charge in [0.05, 0.1) is 24.2 Å². The number of carbonyl (C=O) groups is 1. The number of likely N-dealkylation sites (tertiary alicyclic amines) is 1. The summed E-state index contributed by atoms with van der Waals surface area (Å²) in [5.41, 5.74) is 3.33. The first-order valence-electron chi connectivity index (χ1n) is 9.14. The second-order valence-corrected chi connectivity index (χ2v) is 7.26. The molecule has 0 radical (unpaired) electrons. The lowest BCUT2D eigenvalue weighted by Gasteiger charge is -2.31. The number of carbonyl (C=O) groups excluding carboxylic acids is 1. The van der Waals surface area contributed by atoms with Crippen LogP contribution in [-0.2, 0) is 17.8 Å². The molecule has 0 unspecified atom stereocenters. The highest BCUT2D eigenvalue weighted by Crippen LogP contribution is 2.30. The smallest absolute Gasteiger partial charge is 0.229 e. The number of ether oxygens (including phenoxy) is 1. The maximum Gasteiger partial charge on any atom is 0.229 e.